The van der Waals surface area contributed by atoms with Crippen LogP contribution in [0, 0.1) is 0 Å². The molecule has 6 heteroatoms. The van der Waals surface area contributed by atoms with Crippen molar-refractivity contribution >= 4 is 22.3 Å². The molecule has 0 amide bonds. The number of aliphatic imine (C=N–C) groups is 1. The Hall–Kier alpha value is -2.11. The molecule has 2 heterocycles. The van der Waals surface area contributed by atoms with Gasteiger partial charge in [0.1, 0.15) is 5.66 Å². The van der Waals surface area contributed by atoms with Gasteiger partial charge >= 0.3 is 6.18 Å². The normalized spacial score (nSPS) is 20.0. The first-order valence-corrected chi connectivity index (χ1v) is 7.82. The Balaban J connectivity index is 1.96. The molecule has 1 aromatic carbocycles. The number of pyridine rings is 1. The van der Waals surface area contributed by atoms with Crippen LogP contribution < -0.4 is 5.32 Å². The molecule has 1 fully saturated rings. The van der Waals surface area contributed by atoms with E-state index < -0.39 is 17.6 Å². The zero-order valence-electron chi connectivity index (χ0n) is 12.5. The number of hydrogen-bond donors (Lipinski definition) is 1. The molecular formula is C17H16F3N3. The van der Waals surface area contributed by atoms with E-state index in [9.17, 15) is 13.2 Å². The summed E-state index contributed by atoms with van der Waals surface area (Å²) in [4.78, 5) is 8.30. The lowest BCUT2D eigenvalue weighted by Crippen LogP contribution is -2.45. The van der Waals surface area contributed by atoms with Crippen molar-refractivity contribution in [2.45, 2.75) is 43.9 Å². The summed E-state index contributed by atoms with van der Waals surface area (Å²) in [6.45, 7) is 0. The molecule has 2 aromatic rings. The summed E-state index contributed by atoms with van der Waals surface area (Å²) in [6, 6.07) is 7.27. The van der Waals surface area contributed by atoms with E-state index in [0.717, 1.165) is 19.3 Å². The predicted molar refractivity (Wildman–Crippen MR) is 83.8 cm³/mol. The van der Waals surface area contributed by atoms with E-state index >= 15 is 0 Å². The fraction of sp³-hybridized carbons (Fsp3) is 0.412. The van der Waals surface area contributed by atoms with E-state index in [1.165, 1.54) is 6.20 Å². The molecule has 0 saturated heterocycles. The molecule has 1 aliphatic carbocycles. The Kier molecular flexibility index (Phi) is 3.11. The minimum Gasteiger partial charge on any atom is -0.360 e. The van der Waals surface area contributed by atoms with E-state index in [-0.39, 0.29) is 5.56 Å². The van der Waals surface area contributed by atoms with E-state index in [0.29, 0.717) is 29.4 Å². The van der Waals surface area contributed by atoms with Crippen molar-refractivity contribution < 1.29 is 13.2 Å². The van der Waals surface area contributed by atoms with Crippen molar-refractivity contribution in [1.29, 1.82) is 0 Å². The van der Waals surface area contributed by atoms with E-state index in [2.05, 4.69) is 15.3 Å². The smallest absolute Gasteiger partial charge is 0.360 e. The predicted octanol–water partition coefficient (Wildman–Crippen LogP) is 4.67. The lowest BCUT2D eigenvalue weighted by Gasteiger charge is -2.40. The third-order valence-corrected chi connectivity index (χ3v) is 4.66. The molecule has 2 aliphatic rings. The number of rotatable bonds is 0. The van der Waals surface area contributed by atoms with Crippen LogP contribution in [-0.4, -0.2) is 22.5 Å². The fourth-order valence-electron chi connectivity index (χ4n) is 3.58. The molecule has 0 unspecified atom stereocenters. The van der Waals surface area contributed by atoms with Crippen LogP contribution in [0.3, 0.4) is 0 Å². The summed E-state index contributed by atoms with van der Waals surface area (Å²) in [6.07, 6.45) is 0.883. The summed E-state index contributed by atoms with van der Waals surface area (Å²) in [5.41, 5.74) is -0.382. The lowest BCUT2D eigenvalue weighted by atomic mass is 9.86. The highest BCUT2D eigenvalue weighted by atomic mass is 19.4. The topological polar surface area (TPSA) is 37.3 Å². The number of nitrogens with zero attached hydrogens (tertiary/aromatic N) is 2. The molecule has 3 nitrogen and oxygen atoms in total. The highest BCUT2D eigenvalue weighted by molar-refractivity contribution is 6.14. The van der Waals surface area contributed by atoms with E-state index in [1.807, 2.05) is 24.3 Å². The number of fused-ring (bicyclic) bond motifs is 3. The fourth-order valence-corrected chi connectivity index (χ4v) is 3.58. The number of para-hydroxylation sites is 1. The van der Waals surface area contributed by atoms with Crippen molar-refractivity contribution in [1.82, 2.24) is 4.98 Å². The largest absolute Gasteiger partial charge is 0.433 e. The zero-order valence-corrected chi connectivity index (χ0v) is 12.5. The number of alkyl halides is 3. The average molecular weight is 319 g/mol. The molecule has 0 atom stereocenters. The van der Waals surface area contributed by atoms with Crippen LogP contribution in [0.2, 0.25) is 0 Å². The second kappa shape index (κ2) is 4.94. The van der Waals surface area contributed by atoms with Gasteiger partial charge in [-0.05, 0) is 31.7 Å². The molecule has 4 rings (SSSR count). The Morgan fingerprint density at radius 3 is 2.52 bits per heavy atom. The Morgan fingerprint density at radius 1 is 1.04 bits per heavy atom. The number of halogens is 3. The van der Waals surface area contributed by atoms with Crippen LogP contribution in [0.5, 0.6) is 0 Å². The summed E-state index contributed by atoms with van der Waals surface area (Å²) in [5, 5.41) is 4.04. The minimum atomic E-state index is -4.48. The molecule has 1 aliphatic heterocycles. The first-order valence-electron chi connectivity index (χ1n) is 7.82. The van der Waals surface area contributed by atoms with Crippen LogP contribution >= 0.6 is 0 Å². The Morgan fingerprint density at radius 2 is 1.78 bits per heavy atom. The first kappa shape index (κ1) is 14.5. The van der Waals surface area contributed by atoms with Crippen LogP contribution in [0.1, 0.15) is 37.7 Å². The van der Waals surface area contributed by atoms with Gasteiger partial charge in [-0.15, -0.1) is 0 Å². The second-order valence-corrected chi connectivity index (χ2v) is 6.24. The maximum Gasteiger partial charge on any atom is 0.433 e. The van der Waals surface area contributed by atoms with Gasteiger partial charge in [-0.2, -0.15) is 13.2 Å². The monoisotopic (exact) mass is 319 g/mol. The number of hydrogen-bond acceptors (Lipinski definition) is 3. The van der Waals surface area contributed by atoms with Crippen LogP contribution in [0.4, 0.5) is 18.9 Å². The molecular weight excluding hydrogens is 303 g/mol. The van der Waals surface area contributed by atoms with Crippen molar-refractivity contribution in [3.8, 4) is 0 Å². The highest BCUT2D eigenvalue weighted by Gasteiger charge is 2.45. The molecule has 1 aromatic heterocycles. The van der Waals surface area contributed by atoms with Crippen molar-refractivity contribution in [2.75, 3.05) is 5.32 Å². The number of nitrogens with one attached hydrogen (secondary N) is 1. The third-order valence-electron chi connectivity index (χ3n) is 4.66. The van der Waals surface area contributed by atoms with Gasteiger partial charge in [-0.1, -0.05) is 24.6 Å². The van der Waals surface area contributed by atoms with Gasteiger partial charge in [0, 0.05) is 17.1 Å². The van der Waals surface area contributed by atoms with E-state index in [4.69, 9.17) is 0 Å². The van der Waals surface area contributed by atoms with Gasteiger partial charge in [0.2, 0.25) is 0 Å². The van der Waals surface area contributed by atoms with Gasteiger partial charge in [0.25, 0.3) is 0 Å². The van der Waals surface area contributed by atoms with Crippen molar-refractivity contribution in [3.63, 3.8) is 0 Å². The number of anilines is 1. The standard InChI is InChI=1S/C17H16F3N3/c18-17(19,20)15-12-10-21-13-7-3-2-6-11(13)14(12)22-16(23-15)8-4-1-5-9-16/h2-3,6-7,10,22H,1,4-5,8-9H2. The van der Waals surface area contributed by atoms with Crippen molar-refractivity contribution in [3.05, 3.63) is 36.0 Å². The number of aromatic nitrogens is 1. The Bertz CT molecular complexity index is 789. The molecule has 0 radical (unpaired) electrons. The maximum atomic E-state index is 13.6. The van der Waals surface area contributed by atoms with E-state index in [1.54, 1.807) is 0 Å². The average Bonchev–Trinajstić information content (AvgIpc) is 2.54. The summed E-state index contributed by atoms with van der Waals surface area (Å²) in [7, 11) is 0. The summed E-state index contributed by atoms with van der Waals surface area (Å²) < 4.78 is 40.7. The lowest BCUT2D eigenvalue weighted by molar-refractivity contribution is -0.0590. The molecule has 0 bridgehead atoms. The van der Waals surface area contributed by atoms with Gasteiger partial charge < -0.3 is 5.32 Å². The Labute approximate surface area is 131 Å². The highest BCUT2D eigenvalue weighted by Crippen LogP contribution is 2.42. The quantitative estimate of drug-likeness (QED) is 0.766. The minimum absolute atomic E-state index is 0.0485. The number of benzene rings is 1. The summed E-state index contributed by atoms with van der Waals surface area (Å²) in [5.74, 6) is 0. The van der Waals surface area contributed by atoms with Crippen molar-refractivity contribution in [2.24, 2.45) is 4.99 Å². The van der Waals surface area contributed by atoms with Crippen LogP contribution in [0.15, 0.2) is 35.5 Å². The molecule has 1 spiro atoms. The van der Waals surface area contributed by atoms with Crippen LogP contribution in [0.25, 0.3) is 10.9 Å². The molecule has 120 valence electrons. The maximum absolute atomic E-state index is 13.6. The molecule has 1 saturated carbocycles. The third kappa shape index (κ3) is 2.36. The SMILES string of the molecule is FC(F)(F)C1=NC2(CCCCC2)Nc2c1cnc1ccccc21. The summed E-state index contributed by atoms with van der Waals surface area (Å²) >= 11 is 0. The molecule has 23 heavy (non-hydrogen) atoms. The van der Waals surface area contributed by atoms with Gasteiger partial charge in [-0.25, -0.2) is 0 Å². The molecule has 1 N–H and O–H groups in total. The van der Waals surface area contributed by atoms with Crippen LogP contribution in [-0.2, 0) is 0 Å². The van der Waals surface area contributed by atoms with Gasteiger partial charge in [0.05, 0.1) is 11.2 Å². The zero-order chi connectivity index (χ0) is 16.1. The second-order valence-electron chi connectivity index (χ2n) is 6.24. The first-order chi connectivity index (χ1) is 11.0. The van der Waals surface area contributed by atoms with Gasteiger partial charge in [-0.3, -0.25) is 9.98 Å². The van der Waals surface area contributed by atoms with Gasteiger partial charge in [0.15, 0.2) is 5.71 Å².